The summed E-state index contributed by atoms with van der Waals surface area (Å²) in [4.78, 5) is 17.3. The molecule has 4 aromatic rings. The first-order chi connectivity index (χ1) is 15.9. The van der Waals surface area contributed by atoms with E-state index in [0.717, 1.165) is 34.9 Å². The van der Waals surface area contributed by atoms with Crippen molar-refractivity contribution in [1.29, 1.82) is 0 Å². The molecule has 2 aromatic heterocycles. The number of hydrogen-bond acceptors (Lipinski definition) is 4. The molecule has 1 N–H and O–H groups in total. The Morgan fingerprint density at radius 2 is 1.88 bits per heavy atom. The van der Waals surface area contributed by atoms with Crippen LogP contribution in [0, 0.1) is 19.8 Å². The fourth-order valence-corrected chi connectivity index (χ4v) is 5.14. The third-order valence-corrected chi connectivity index (χ3v) is 7.06. The largest absolute Gasteiger partial charge is 0.490 e. The van der Waals surface area contributed by atoms with Gasteiger partial charge in [-0.3, -0.25) is 0 Å². The molecule has 0 spiro atoms. The smallest absolute Gasteiger partial charge is 0.336 e. The van der Waals surface area contributed by atoms with Gasteiger partial charge in [0, 0.05) is 10.9 Å². The van der Waals surface area contributed by atoms with Gasteiger partial charge in [0.05, 0.1) is 22.6 Å². The van der Waals surface area contributed by atoms with Crippen molar-refractivity contribution >= 4 is 27.8 Å². The molecular formula is C28H29NO4. The van der Waals surface area contributed by atoms with E-state index in [1.54, 1.807) is 6.07 Å². The van der Waals surface area contributed by atoms with Gasteiger partial charge in [0.15, 0.2) is 5.76 Å². The molecule has 1 aliphatic rings. The van der Waals surface area contributed by atoms with E-state index in [9.17, 15) is 9.90 Å². The Bertz CT molecular complexity index is 1350. The van der Waals surface area contributed by atoms with Crippen LogP contribution in [0.25, 0.3) is 33.3 Å². The van der Waals surface area contributed by atoms with Crippen LogP contribution in [-0.4, -0.2) is 22.2 Å². The Kier molecular flexibility index (Phi) is 5.57. The van der Waals surface area contributed by atoms with Gasteiger partial charge < -0.3 is 14.3 Å². The van der Waals surface area contributed by atoms with E-state index in [0.29, 0.717) is 34.0 Å². The summed E-state index contributed by atoms with van der Waals surface area (Å²) in [6, 6.07) is 13.3. The average Bonchev–Trinajstić information content (AvgIpc) is 3.17. The molecule has 1 fully saturated rings. The lowest BCUT2D eigenvalue weighted by molar-refractivity contribution is 0.0698. The standard InChI is InChI=1S/C28H29NO4/c1-16-13-14-24(32-18(3)19-9-5-4-6-10-19)25-21(28(30)31)15-22(29-26(16)25)27-17(2)20-11-7-8-12-23(20)33-27/h7-8,11-15,18-19H,4-6,9-10H2,1-3H3,(H,30,31)/t18-/m1/s1. The van der Waals surface area contributed by atoms with E-state index in [4.69, 9.17) is 14.1 Å². The minimum absolute atomic E-state index is 0.0233. The van der Waals surface area contributed by atoms with Gasteiger partial charge >= 0.3 is 5.97 Å². The molecule has 5 heteroatoms. The summed E-state index contributed by atoms with van der Waals surface area (Å²) in [6.45, 7) is 6.03. The molecule has 0 amide bonds. The Morgan fingerprint density at radius 3 is 2.61 bits per heavy atom. The monoisotopic (exact) mass is 443 g/mol. The summed E-state index contributed by atoms with van der Waals surface area (Å²) < 4.78 is 12.5. The molecule has 0 unspecified atom stereocenters. The van der Waals surface area contributed by atoms with Crippen LogP contribution in [0.15, 0.2) is 46.9 Å². The van der Waals surface area contributed by atoms with Gasteiger partial charge in [0.25, 0.3) is 0 Å². The van der Waals surface area contributed by atoms with Gasteiger partial charge in [-0.15, -0.1) is 0 Å². The maximum Gasteiger partial charge on any atom is 0.336 e. The summed E-state index contributed by atoms with van der Waals surface area (Å²) in [6.07, 6.45) is 6.09. The van der Waals surface area contributed by atoms with Crippen molar-refractivity contribution in [3.63, 3.8) is 0 Å². The van der Waals surface area contributed by atoms with Gasteiger partial charge in [-0.2, -0.15) is 0 Å². The summed E-state index contributed by atoms with van der Waals surface area (Å²) in [5.74, 6) is 0.681. The van der Waals surface area contributed by atoms with E-state index >= 15 is 0 Å². The number of pyridine rings is 1. The lowest BCUT2D eigenvalue weighted by atomic mass is 9.86. The van der Waals surface area contributed by atoms with Crippen LogP contribution < -0.4 is 4.74 Å². The van der Waals surface area contributed by atoms with Crippen molar-refractivity contribution in [3.8, 4) is 17.2 Å². The van der Waals surface area contributed by atoms with Crippen LogP contribution in [0.1, 0.15) is 60.5 Å². The molecule has 0 radical (unpaired) electrons. The predicted octanol–water partition coefficient (Wildman–Crippen LogP) is 7.31. The van der Waals surface area contributed by atoms with Crippen molar-refractivity contribution in [2.75, 3.05) is 0 Å². The van der Waals surface area contributed by atoms with E-state index in [1.165, 1.54) is 19.3 Å². The molecule has 5 rings (SSSR count). The Balaban J connectivity index is 1.65. The molecule has 170 valence electrons. The highest BCUT2D eigenvalue weighted by Gasteiger charge is 2.25. The molecule has 5 nitrogen and oxygen atoms in total. The van der Waals surface area contributed by atoms with Crippen LogP contribution in [0.3, 0.4) is 0 Å². The normalized spacial score (nSPS) is 15.7. The van der Waals surface area contributed by atoms with Gasteiger partial charge in [-0.25, -0.2) is 9.78 Å². The van der Waals surface area contributed by atoms with Crippen molar-refractivity contribution in [3.05, 3.63) is 59.2 Å². The average molecular weight is 444 g/mol. The first-order valence-electron chi connectivity index (χ1n) is 11.8. The second-order valence-electron chi connectivity index (χ2n) is 9.24. The van der Waals surface area contributed by atoms with Crippen LogP contribution in [0.5, 0.6) is 5.75 Å². The summed E-state index contributed by atoms with van der Waals surface area (Å²) in [7, 11) is 0. The summed E-state index contributed by atoms with van der Waals surface area (Å²) in [5.41, 5.74) is 3.96. The second-order valence-corrected chi connectivity index (χ2v) is 9.24. The molecule has 1 atom stereocenters. The number of aryl methyl sites for hydroxylation is 2. The van der Waals surface area contributed by atoms with E-state index in [1.807, 2.05) is 50.2 Å². The highest BCUT2D eigenvalue weighted by atomic mass is 16.5. The van der Waals surface area contributed by atoms with Crippen LogP contribution in [0.2, 0.25) is 0 Å². The third-order valence-electron chi connectivity index (χ3n) is 7.06. The maximum atomic E-state index is 12.4. The van der Waals surface area contributed by atoms with Crippen molar-refractivity contribution in [2.24, 2.45) is 5.92 Å². The molecule has 2 aromatic carbocycles. The highest BCUT2D eigenvalue weighted by molar-refractivity contribution is 6.07. The number of ether oxygens (including phenoxy) is 1. The highest BCUT2D eigenvalue weighted by Crippen LogP contribution is 2.38. The topological polar surface area (TPSA) is 72.6 Å². The molecule has 33 heavy (non-hydrogen) atoms. The number of aromatic carboxylic acids is 1. The first kappa shape index (κ1) is 21.5. The SMILES string of the molecule is Cc1c(-c2cc(C(=O)O)c3c(O[C@H](C)C4CCCCC4)ccc(C)c3n2)oc2ccccc12. The molecule has 0 bridgehead atoms. The van der Waals surface area contributed by atoms with Crippen molar-refractivity contribution in [1.82, 2.24) is 4.98 Å². The minimum atomic E-state index is -1.00. The predicted molar refractivity (Wildman–Crippen MR) is 130 cm³/mol. The molecular weight excluding hydrogens is 414 g/mol. The molecule has 2 heterocycles. The number of benzene rings is 2. The Hall–Kier alpha value is -3.34. The fraction of sp³-hybridized carbons (Fsp3) is 0.357. The summed E-state index contributed by atoms with van der Waals surface area (Å²) >= 11 is 0. The number of carboxylic acids is 1. The number of fused-ring (bicyclic) bond motifs is 2. The second kappa shape index (κ2) is 8.54. The van der Waals surface area contributed by atoms with Crippen LogP contribution in [-0.2, 0) is 0 Å². The van der Waals surface area contributed by atoms with Crippen molar-refractivity contribution < 1.29 is 19.1 Å². The number of aromatic nitrogens is 1. The zero-order valence-electron chi connectivity index (χ0n) is 19.4. The van der Waals surface area contributed by atoms with Gasteiger partial charge in [0.2, 0.25) is 0 Å². The Labute approximate surface area is 193 Å². The maximum absolute atomic E-state index is 12.4. The lowest BCUT2D eigenvalue weighted by Crippen LogP contribution is -2.26. The van der Waals surface area contributed by atoms with Crippen LogP contribution >= 0.6 is 0 Å². The summed E-state index contributed by atoms with van der Waals surface area (Å²) in [5, 5.41) is 11.7. The minimum Gasteiger partial charge on any atom is -0.490 e. The van der Waals surface area contributed by atoms with E-state index < -0.39 is 5.97 Å². The number of carboxylic acid groups (broad SMARTS) is 1. The van der Waals surface area contributed by atoms with E-state index in [-0.39, 0.29) is 11.7 Å². The lowest BCUT2D eigenvalue weighted by Gasteiger charge is -2.28. The van der Waals surface area contributed by atoms with Gasteiger partial charge in [-0.1, -0.05) is 43.5 Å². The quantitative estimate of drug-likeness (QED) is 0.350. The Morgan fingerprint density at radius 1 is 1.12 bits per heavy atom. The van der Waals surface area contributed by atoms with Gasteiger partial charge in [-0.05, 0) is 63.3 Å². The van der Waals surface area contributed by atoms with Gasteiger partial charge in [0.1, 0.15) is 17.0 Å². The zero-order chi connectivity index (χ0) is 23.1. The third kappa shape index (κ3) is 3.86. The fourth-order valence-electron chi connectivity index (χ4n) is 5.14. The van der Waals surface area contributed by atoms with Crippen molar-refractivity contribution in [2.45, 2.75) is 59.0 Å². The molecule has 1 saturated carbocycles. The number of rotatable bonds is 5. The number of nitrogens with zero attached hydrogens (tertiary/aromatic N) is 1. The molecule has 1 aliphatic carbocycles. The number of para-hydroxylation sites is 1. The number of carbonyl (C=O) groups is 1. The van der Waals surface area contributed by atoms with E-state index in [2.05, 4.69) is 6.92 Å². The zero-order valence-corrected chi connectivity index (χ0v) is 19.4. The number of hydrogen-bond donors (Lipinski definition) is 1. The molecule has 0 saturated heterocycles. The molecule has 0 aliphatic heterocycles. The first-order valence-corrected chi connectivity index (χ1v) is 11.8. The van der Waals surface area contributed by atoms with Crippen LogP contribution in [0.4, 0.5) is 0 Å². The number of furan rings is 1.